The first-order chi connectivity index (χ1) is 6.27. The highest BCUT2D eigenvalue weighted by Gasteiger charge is 2.29. The number of likely N-dealkylation sites (N-methyl/N-ethyl adjacent to an activating group) is 2. The van der Waals surface area contributed by atoms with Gasteiger partial charge in [-0.2, -0.15) is 0 Å². The van der Waals surface area contributed by atoms with Crippen LogP contribution in [0.25, 0.3) is 0 Å². The van der Waals surface area contributed by atoms with E-state index in [-0.39, 0.29) is 0 Å². The van der Waals surface area contributed by atoms with Gasteiger partial charge in [0, 0.05) is 25.2 Å². The summed E-state index contributed by atoms with van der Waals surface area (Å²) in [5.74, 6) is 0. The van der Waals surface area contributed by atoms with Gasteiger partial charge < -0.3 is 10.2 Å². The summed E-state index contributed by atoms with van der Waals surface area (Å²) in [6.07, 6.45) is 2.68. The number of rotatable bonds is 2. The van der Waals surface area contributed by atoms with E-state index in [4.69, 9.17) is 0 Å². The number of hydrogen-bond donors (Lipinski definition) is 1. The Balaban J connectivity index is 1.85. The SMILES string of the molecule is CN1CCC(N(C)C2CCNC2)C1. The minimum atomic E-state index is 0.788. The number of nitrogens with zero attached hydrogens (tertiary/aromatic N) is 2. The van der Waals surface area contributed by atoms with Crippen LogP contribution in [0.1, 0.15) is 12.8 Å². The van der Waals surface area contributed by atoms with E-state index in [2.05, 4.69) is 29.2 Å². The Morgan fingerprint density at radius 3 is 2.69 bits per heavy atom. The lowest BCUT2D eigenvalue weighted by atomic mass is 10.1. The summed E-state index contributed by atoms with van der Waals surface area (Å²) in [4.78, 5) is 5.02. The zero-order valence-corrected chi connectivity index (χ0v) is 8.79. The van der Waals surface area contributed by atoms with Gasteiger partial charge in [0.1, 0.15) is 0 Å². The molecule has 2 rings (SSSR count). The van der Waals surface area contributed by atoms with Gasteiger partial charge in [-0.3, -0.25) is 4.90 Å². The van der Waals surface area contributed by atoms with Crippen molar-refractivity contribution in [2.24, 2.45) is 0 Å². The standard InChI is InChI=1S/C10H21N3/c1-12-6-4-10(8-12)13(2)9-3-5-11-7-9/h9-11H,3-8H2,1-2H3. The third kappa shape index (κ3) is 2.03. The maximum Gasteiger partial charge on any atom is 0.0235 e. The summed E-state index contributed by atoms with van der Waals surface area (Å²) in [6, 6.07) is 1.59. The fraction of sp³-hybridized carbons (Fsp3) is 1.00. The third-order valence-corrected chi connectivity index (χ3v) is 3.55. The molecule has 3 nitrogen and oxygen atoms in total. The highest BCUT2D eigenvalue weighted by Crippen LogP contribution is 2.17. The molecule has 2 fully saturated rings. The summed E-state index contributed by atoms with van der Waals surface area (Å²) < 4.78 is 0. The highest BCUT2D eigenvalue weighted by atomic mass is 15.3. The molecule has 1 N–H and O–H groups in total. The van der Waals surface area contributed by atoms with Crippen molar-refractivity contribution < 1.29 is 0 Å². The molecule has 0 amide bonds. The Kier molecular flexibility index (Phi) is 2.86. The first kappa shape index (κ1) is 9.44. The smallest absolute Gasteiger partial charge is 0.0235 e. The van der Waals surface area contributed by atoms with Crippen LogP contribution in [0.4, 0.5) is 0 Å². The second kappa shape index (κ2) is 3.95. The van der Waals surface area contributed by atoms with E-state index >= 15 is 0 Å². The average Bonchev–Trinajstić information content (AvgIpc) is 2.72. The van der Waals surface area contributed by atoms with Crippen molar-refractivity contribution in [1.82, 2.24) is 15.1 Å². The van der Waals surface area contributed by atoms with Gasteiger partial charge in [0.2, 0.25) is 0 Å². The van der Waals surface area contributed by atoms with Crippen molar-refractivity contribution in [3.63, 3.8) is 0 Å². The molecule has 0 aromatic heterocycles. The van der Waals surface area contributed by atoms with Crippen LogP contribution in [0, 0.1) is 0 Å². The van der Waals surface area contributed by atoms with Crippen LogP contribution >= 0.6 is 0 Å². The largest absolute Gasteiger partial charge is 0.315 e. The topological polar surface area (TPSA) is 18.5 Å². The third-order valence-electron chi connectivity index (χ3n) is 3.55. The molecule has 2 aliphatic rings. The summed E-state index contributed by atoms with van der Waals surface area (Å²) >= 11 is 0. The molecule has 2 unspecified atom stereocenters. The minimum Gasteiger partial charge on any atom is -0.315 e. The van der Waals surface area contributed by atoms with E-state index in [9.17, 15) is 0 Å². The van der Waals surface area contributed by atoms with Crippen LogP contribution in [0.5, 0.6) is 0 Å². The van der Waals surface area contributed by atoms with Crippen LogP contribution in [0.3, 0.4) is 0 Å². The van der Waals surface area contributed by atoms with E-state index in [0.717, 1.165) is 12.1 Å². The van der Waals surface area contributed by atoms with E-state index < -0.39 is 0 Å². The van der Waals surface area contributed by atoms with Gasteiger partial charge in [0.15, 0.2) is 0 Å². The van der Waals surface area contributed by atoms with Crippen LogP contribution < -0.4 is 5.32 Å². The molecule has 0 aliphatic carbocycles. The van der Waals surface area contributed by atoms with Gasteiger partial charge in [-0.25, -0.2) is 0 Å². The number of likely N-dealkylation sites (tertiary alicyclic amines) is 1. The van der Waals surface area contributed by atoms with Crippen molar-refractivity contribution in [1.29, 1.82) is 0 Å². The maximum atomic E-state index is 3.43. The molecule has 13 heavy (non-hydrogen) atoms. The predicted octanol–water partition coefficient (Wildman–Crippen LogP) is -0.0158. The summed E-state index contributed by atoms with van der Waals surface area (Å²) in [6.45, 7) is 4.93. The predicted molar refractivity (Wildman–Crippen MR) is 54.9 cm³/mol. The van der Waals surface area contributed by atoms with E-state index in [1.165, 1.54) is 39.0 Å². The summed E-state index contributed by atoms with van der Waals surface area (Å²) in [7, 11) is 4.52. The van der Waals surface area contributed by atoms with Crippen LogP contribution in [-0.2, 0) is 0 Å². The molecule has 0 radical (unpaired) electrons. The molecule has 2 aliphatic heterocycles. The van der Waals surface area contributed by atoms with Crippen LogP contribution in [-0.4, -0.2) is 62.2 Å². The van der Waals surface area contributed by atoms with Gasteiger partial charge in [0.25, 0.3) is 0 Å². The fourth-order valence-corrected chi connectivity index (χ4v) is 2.53. The van der Waals surface area contributed by atoms with Crippen LogP contribution in [0.2, 0.25) is 0 Å². The zero-order chi connectivity index (χ0) is 9.26. The normalized spacial score (nSPS) is 36.2. The first-order valence-electron chi connectivity index (χ1n) is 5.38. The Morgan fingerprint density at radius 2 is 2.15 bits per heavy atom. The van der Waals surface area contributed by atoms with E-state index in [1.54, 1.807) is 0 Å². The second-order valence-corrected chi connectivity index (χ2v) is 4.52. The molecule has 0 aromatic rings. The van der Waals surface area contributed by atoms with E-state index in [1.807, 2.05) is 0 Å². The van der Waals surface area contributed by atoms with Crippen molar-refractivity contribution in [3.8, 4) is 0 Å². The van der Waals surface area contributed by atoms with Gasteiger partial charge >= 0.3 is 0 Å². The Labute approximate surface area is 81.1 Å². The van der Waals surface area contributed by atoms with Crippen molar-refractivity contribution in [3.05, 3.63) is 0 Å². The monoisotopic (exact) mass is 183 g/mol. The molecule has 0 saturated carbocycles. The second-order valence-electron chi connectivity index (χ2n) is 4.52. The fourth-order valence-electron chi connectivity index (χ4n) is 2.53. The number of hydrogen-bond acceptors (Lipinski definition) is 3. The summed E-state index contributed by atoms with van der Waals surface area (Å²) in [5, 5.41) is 3.43. The first-order valence-corrected chi connectivity index (χ1v) is 5.38. The van der Waals surface area contributed by atoms with Gasteiger partial charge in [0.05, 0.1) is 0 Å². The van der Waals surface area contributed by atoms with Crippen LogP contribution in [0.15, 0.2) is 0 Å². The highest BCUT2D eigenvalue weighted by molar-refractivity contribution is 4.87. The number of nitrogens with one attached hydrogen (secondary N) is 1. The molecule has 2 saturated heterocycles. The average molecular weight is 183 g/mol. The van der Waals surface area contributed by atoms with Gasteiger partial charge in [-0.15, -0.1) is 0 Å². The Hall–Kier alpha value is -0.120. The molecule has 0 aromatic carbocycles. The lowest BCUT2D eigenvalue weighted by molar-refractivity contribution is 0.185. The van der Waals surface area contributed by atoms with Crippen molar-refractivity contribution in [2.45, 2.75) is 24.9 Å². The molecular weight excluding hydrogens is 162 g/mol. The lowest BCUT2D eigenvalue weighted by Crippen LogP contribution is -2.42. The molecule has 2 atom stereocenters. The Bertz CT molecular complexity index is 166. The minimum absolute atomic E-state index is 0.788. The van der Waals surface area contributed by atoms with Crippen molar-refractivity contribution >= 4 is 0 Å². The summed E-state index contributed by atoms with van der Waals surface area (Å²) in [5.41, 5.74) is 0. The molecule has 2 heterocycles. The quantitative estimate of drug-likeness (QED) is 0.649. The zero-order valence-electron chi connectivity index (χ0n) is 8.79. The van der Waals surface area contributed by atoms with Crippen molar-refractivity contribution in [2.75, 3.05) is 40.3 Å². The van der Waals surface area contributed by atoms with Gasteiger partial charge in [-0.1, -0.05) is 0 Å². The Morgan fingerprint density at radius 1 is 1.31 bits per heavy atom. The molecule has 76 valence electrons. The molecule has 0 bridgehead atoms. The van der Waals surface area contributed by atoms with Gasteiger partial charge in [-0.05, 0) is 40.0 Å². The lowest BCUT2D eigenvalue weighted by Gasteiger charge is -2.29. The maximum absolute atomic E-state index is 3.43. The molecule has 3 heteroatoms. The molecule has 0 spiro atoms. The van der Waals surface area contributed by atoms with E-state index in [0.29, 0.717) is 0 Å². The molecular formula is C10H21N3.